The molecule has 1 aromatic heterocycles. The summed E-state index contributed by atoms with van der Waals surface area (Å²) in [6.45, 7) is 0. The fraction of sp³-hybridized carbons (Fsp3) is 0.0870. The second-order valence-electron chi connectivity index (χ2n) is 6.45. The first-order valence-corrected chi connectivity index (χ1v) is 9.28. The van der Waals surface area contributed by atoms with Crippen molar-refractivity contribution in [3.05, 3.63) is 77.1 Å². The van der Waals surface area contributed by atoms with Crippen molar-refractivity contribution < 1.29 is 18.3 Å². The van der Waals surface area contributed by atoms with Crippen LogP contribution in [0.3, 0.4) is 0 Å². The van der Waals surface area contributed by atoms with E-state index in [2.05, 4.69) is 5.32 Å². The molecule has 0 atom stereocenters. The Morgan fingerprint density at radius 3 is 2.41 bits per heavy atom. The van der Waals surface area contributed by atoms with Crippen molar-refractivity contribution in [1.29, 1.82) is 0 Å². The Balaban J connectivity index is 1.92. The minimum Gasteiger partial charge on any atom is -0.497 e. The largest absolute Gasteiger partial charge is 0.497 e. The Bertz CT molecular complexity index is 1220. The number of carbonyl (C=O) groups is 1. The second-order valence-corrected chi connectivity index (χ2v) is 6.86. The normalized spacial score (nSPS) is 10.9. The Labute approximate surface area is 171 Å². The fourth-order valence-electron chi connectivity index (χ4n) is 3.28. The van der Waals surface area contributed by atoms with E-state index in [1.54, 1.807) is 38.4 Å². The van der Waals surface area contributed by atoms with Gasteiger partial charge in [-0.05, 0) is 60.2 Å². The van der Waals surface area contributed by atoms with E-state index < -0.39 is 0 Å². The summed E-state index contributed by atoms with van der Waals surface area (Å²) in [4.78, 5) is 12.7. The van der Waals surface area contributed by atoms with E-state index in [0.717, 1.165) is 11.1 Å². The lowest BCUT2D eigenvalue weighted by atomic mass is 10.00. The average molecular weight is 410 g/mol. The van der Waals surface area contributed by atoms with Crippen molar-refractivity contribution in [1.82, 2.24) is 5.32 Å². The number of methoxy groups -OCH3 is 1. The SMILES string of the molecule is CNC(=O)c1c(-c2ccc(F)cc2)oc2ccc(-c3ccc(OC)cc3Cl)cc12. The Kier molecular flexibility index (Phi) is 4.99. The monoisotopic (exact) mass is 409 g/mol. The van der Waals surface area contributed by atoms with Gasteiger partial charge in [0.25, 0.3) is 5.91 Å². The third kappa shape index (κ3) is 3.45. The summed E-state index contributed by atoms with van der Waals surface area (Å²) in [6, 6.07) is 16.8. The molecule has 1 N–H and O–H groups in total. The lowest BCUT2D eigenvalue weighted by molar-refractivity contribution is 0.0964. The highest BCUT2D eigenvalue weighted by Crippen LogP contribution is 2.38. The molecule has 0 radical (unpaired) electrons. The number of carbonyl (C=O) groups excluding carboxylic acids is 1. The smallest absolute Gasteiger partial charge is 0.255 e. The summed E-state index contributed by atoms with van der Waals surface area (Å²) in [5.41, 5.74) is 3.20. The number of halogens is 2. The third-order valence-corrected chi connectivity index (χ3v) is 5.05. The first kappa shape index (κ1) is 19.0. The van der Waals surface area contributed by atoms with E-state index in [9.17, 15) is 9.18 Å². The zero-order valence-corrected chi connectivity index (χ0v) is 16.5. The van der Waals surface area contributed by atoms with Gasteiger partial charge in [-0.15, -0.1) is 0 Å². The highest BCUT2D eigenvalue weighted by molar-refractivity contribution is 6.33. The molecule has 0 aliphatic heterocycles. The maximum absolute atomic E-state index is 13.3. The third-order valence-electron chi connectivity index (χ3n) is 4.74. The van der Waals surface area contributed by atoms with Crippen LogP contribution in [0.15, 0.2) is 65.1 Å². The molecule has 0 saturated carbocycles. The maximum Gasteiger partial charge on any atom is 0.255 e. The summed E-state index contributed by atoms with van der Waals surface area (Å²) < 4.78 is 24.5. The first-order valence-electron chi connectivity index (χ1n) is 8.90. The minimum absolute atomic E-state index is 0.291. The predicted octanol–water partition coefficient (Wildman–Crippen LogP) is 5.93. The molecule has 4 nitrogen and oxygen atoms in total. The molecule has 0 aliphatic rings. The van der Waals surface area contributed by atoms with E-state index in [0.29, 0.717) is 38.6 Å². The number of furan rings is 1. The molecule has 4 rings (SSSR count). The topological polar surface area (TPSA) is 51.5 Å². The van der Waals surface area contributed by atoms with Crippen LogP contribution in [-0.4, -0.2) is 20.1 Å². The van der Waals surface area contributed by atoms with Crippen LogP contribution in [0.4, 0.5) is 4.39 Å². The molecule has 1 amide bonds. The van der Waals surface area contributed by atoms with Crippen LogP contribution >= 0.6 is 11.6 Å². The zero-order valence-electron chi connectivity index (χ0n) is 15.8. The minimum atomic E-state index is -0.359. The van der Waals surface area contributed by atoms with Crippen molar-refractivity contribution in [3.63, 3.8) is 0 Å². The van der Waals surface area contributed by atoms with Gasteiger partial charge in [0, 0.05) is 23.6 Å². The number of fused-ring (bicyclic) bond motifs is 1. The predicted molar refractivity (Wildman–Crippen MR) is 112 cm³/mol. The van der Waals surface area contributed by atoms with Crippen LogP contribution in [-0.2, 0) is 0 Å². The van der Waals surface area contributed by atoms with Crippen molar-refractivity contribution in [3.8, 4) is 28.2 Å². The highest BCUT2D eigenvalue weighted by atomic mass is 35.5. The number of hydrogen-bond donors (Lipinski definition) is 1. The Hall–Kier alpha value is -3.31. The Morgan fingerprint density at radius 1 is 1.03 bits per heavy atom. The Morgan fingerprint density at radius 2 is 1.76 bits per heavy atom. The maximum atomic E-state index is 13.3. The van der Waals surface area contributed by atoms with Gasteiger partial charge >= 0.3 is 0 Å². The average Bonchev–Trinajstić information content (AvgIpc) is 3.12. The molecule has 0 saturated heterocycles. The van der Waals surface area contributed by atoms with Crippen molar-refractivity contribution in [2.75, 3.05) is 14.2 Å². The van der Waals surface area contributed by atoms with Crippen LogP contribution in [0.1, 0.15) is 10.4 Å². The number of nitrogens with one attached hydrogen (secondary N) is 1. The van der Waals surface area contributed by atoms with Crippen LogP contribution in [0.5, 0.6) is 5.75 Å². The lowest BCUT2D eigenvalue weighted by Crippen LogP contribution is -2.18. The number of benzene rings is 3. The van der Waals surface area contributed by atoms with Crippen LogP contribution in [0.25, 0.3) is 33.4 Å². The summed E-state index contributed by atoms with van der Waals surface area (Å²) in [5.74, 6) is 0.397. The molecule has 0 spiro atoms. The molecular formula is C23H17ClFNO3. The number of rotatable bonds is 4. The number of hydrogen-bond acceptors (Lipinski definition) is 3. The summed E-state index contributed by atoms with van der Waals surface area (Å²) >= 11 is 6.42. The molecule has 3 aromatic carbocycles. The fourth-order valence-corrected chi connectivity index (χ4v) is 3.56. The van der Waals surface area contributed by atoms with Crippen molar-refractivity contribution >= 4 is 28.5 Å². The molecule has 0 aliphatic carbocycles. The van der Waals surface area contributed by atoms with Crippen LogP contribution < -0.4 is 10.1 Å². The van der Waals surface area contributed by atoms with Gasteiger partial charge in [0.15, 0.2) is 0 Å². The van der Waals surface area contributed by atoms with Gasteiger partial charge in [-0.1, -0.05) is 17.7 Å². The molecule has 0 fully saturated rings. The van der Waals surface area contributed by atoms with Gasteiger partial charge < -0.3 is 14.5 Å². The van der Waals surface area contributed by atoms with Gasteiger partial charge in [-0.25, -0.2) is 4.39 Å². The summed E-state index contributed by atoms with van der Waals surface area (Å²) in [7, 11) is 3.13. The van der Waals surface area contributed by atoms with E-state index in [1.165, 1.54) is 12.1 Å². The van der Waals surface area contributed by atoms with Gasteiger partial charge in [-0.3, -0.25) is 4.79 Å². The molecule has 29 heavy (non-hydrogen) atoms. The lowest BCUT2D eigenvalue weighted by Gasteiger charge is -2.07. The van der Waals surface area contributed by atoms with Gasteiger partial charge in [-0.2, -0.15) is 0 Å². The molecular weight excluding hydrogens is 393 g/mol. The van der Waals surface area contributed by atoms with Crippen LogP contribution in [0.2, 0.25) is 5.02 Å². The van der Waals surface area contributed by atoms with E-state index in [4.69, 9.17) is 20.8 Å². The first-order chi connectivity index (χ1) is 14.0. The molecule has 4 aromatic rings. The van der Waals surface area contributed by atoms with Gasteiger partial charge in [0.05, 0.1) is 17.7 Å². The van der Waals surface area contributed by atoms with Crippen molar-refractivity contribution in [2.24, 2.45) is 0 Å². The van der Waals surface area contributed by atoms with Gasteiger partial charge in [0.1, 0.15) is 22.9 Å². The van der Waals surface area contributed by atoms with E-state index >= 15 is 0 Å². The van der Waals surface area contributed by atoms with E-state index in [1.807, 2.05) is 24.3 Å². The van der Waals surface area contributed by atoms with Crippen LogP contribution in [0, 0.1) is 5.82 Å². The molecule has 146 valence electrons. The summed E-state index contributed by atoms with van der Waals surface area (Å²) in [6.07, 6.45) is 0. The zero-order chi connectivity index (χ0) is 20.5. The molecule has 0 unspecified atom stereocenters. The quantitative estimate of drug-likeness (QED) is 0.454. The number of ether oxygens (including phenoxy) is 1. The summed E-state index contributed by atoms with van der Waals surface area (Å²) in [5, 5.41) is 3.83. The van der Waals surface area contributed by atoms with Crippen molar-refractivity contribution in [2.45, 2.75) is 0 Å². The number of amides is 1. The molecule has 0 bridgehead atoms. The van der Waals surface area contributed by atoms with Gasteiger partial charge in [0.2, 0.25) is 0 Å². The standard InChI is InChI=1S/C23H17ClFNO3/c1-26-23(27)21-18-11-14(17-9-8-16(28-2)12-19(17)24)5-10-20(18)29-22(21)13-3-6-15(25)7-4-13/h3-12H,1-2H3,(H,26,27). The molecule has 6 heteroatoms. The highest BCUT2D eigenvalue weighted by Gasteiger charge is 2.22. The molecule has 1 heterocycles. The van der Waals surface area contributed by atoms with E-state index in [-0.39, 0.29) is 11.7 Å². The second kappa shape index (κ2) is 7.60.